The van der Waals surface area contributed by atoms with Crippen molar-refractivity contribution >= 4 is 94.2 Å². The van der Waals surface area contributed by atoms with Gasteiger partial charge in [0.1, 0.15) is 22.2 Å². The van der Waals surface area contributed by atoms with Gasteiger partial charge in [-0.2, -0.15) is 0 Å². The van der Waals surface area contributed by atoms with Crippen molar-refractivity contribution in [3.8, 4) is 22.3 Å². The minimum Gasteiger partial charge on any atom is -0.456 e. The van der Waals surface area contributed by atoms with E-state index in [1.54, 1.807) is 0 Å². The van der Waals surface area contributed by atoms with E-state index in [-0.39, 0.29) is 5.41 Å². The molecule has 12 aromatic rings. The number of anilines is 2. The van der Waals surface area contributed by atoms with E-state index in [1.807, 2.05) is 0 Å². The van der Waals surface area contributed by atoms with E-state index >= 15 is 0 Å². The van der Waals surface area contributed by atoms with Crippen LogP contribution in [0.5, 0.6) is 0 Å². The molecule has 0 bridgehead atoms. The monoisotopic (exact) mass is 820 g/mol. The van der Waals surface area contributed by atoms with Crippen molar-refractivity contribution in [3.63, 3.8) is 0 Å². The molecule has 3 aliphatic carbocycles. The standard InChI is InChI=1S/C60H40N2O2/c1-10-31-60(32-11-1)45-19-6-2-17-40(45)56-46(60)20-12-23-49(56)61(50-24-13-27-54-57(50)41-18-5-9-26-52(41)63-54)51-25-14-28-55-58(51)44-33-36(29-30-53(44)64-55)37-34-42-38-15-3-7-21-47(38)62-48-22-8-4-16-39(48)43(35-37)59(42)62/h3-9,12-13,15-16,18-24,26-30,33-35H,1,10-11,14,25,31-32H2. The van der Waals surface area contributed by atoms with Crippen molar-refractivity contribution in [2.75, 3.05) is 4.90 Å². The Morgan fingerprint density at radius 2 is 1.27 bits per heavy atom. The Kier molecular flexibility index (Phi) is 6.90. The van der Waals surface area contributed by atoms with Gasteiger partial charge in [-0.05, 0) is 127 Å². The number of hydrogen-bond donors (Lipinski definition) is 0. The zero-order valence-corrected chi connectivity index (χ0v) is 35.2. The fraction of sp³-hybridized carbons (Fsp3) is 0.133. The molecule has 302 valence electrons. The molecule has 4 nitrogen and oxygen atoms in total. The average Bonchev–Trinajstić information content (AvgIpc) is 4.15. The van der Waals surface area contributed by atoms with Gasteiger partial charge in [-0.3, -0.25) is 0 Å². The number of rotatable bonds is 4. The van der Waals surface area contributed by atoms with Crippen LogP contribution in [0.4, 0.5) is 11.4 Å². The molecule has 4 heteroatoms. The summed E-state index contributed by atoms with van der Waals surface area (Å²) < 4.78 is 16.0. The van der Waals surface area contributed by atoms with E-state index in [2.05, 4.69) is 179 Å². The van der Waals surface area contributed by atoms with Crippen molar-refractivity contribution in [2.45, 2.75) is 50.4 Å². The zero-order chi connectivity index (χ0) is 41.7. The van der Waals surface area contributed by atoms with Crippen LogP contribution in [0.2, 0.25) is 0 Å². The highest BCUT2D eigenvalue weighted by atomic mass is 16.3. The molecular formula is C60H40N2O2. The average molecular weight is 821 g/mol. The van der Waals surface area contributed by atoms with E-state index in [1.165, 1.54) is 102 Å². The number of hydrogen-bond acceptors (Lipinski definition) is 3. The second-order valence-corrected chi connectivity index (χ2v) is 18.3. The minimum atomic E-state index is -0.0216. The first-order valence-electron chi connectivity index (χ1n) is 22.9. The molecule has 15 rings (SSSR count). The number of para-hydroxylation sites is 3. The first-order chi connectivity index (χ1) is 31.7. The second kappa shape index (κ2) is 12.7. The van der Waals surface area contributed by atoms with Gasteiger partial charge in [0.15, 0.2) is 0 Å². The summed E-state index contributed by atoms with van der Waals surface area (Å²) in [6.07, 6.45) is 10.1. The summed E-state index contributed by atoms with van der Waals surface area (Å²) in [6.45, 7) is 0. The Balaban J connectivity index is 1.03. The van der Waals surface area contributed by atoms with Gasteiger partial charge < -0.3 is 18.1 Å². The highest BCUT2D eigenvalue weighted by Crippen LogP contribution is 2.59. The summed E-state index contributed by atoms with van der Waals surface area (Å²) in [5, 5.41) is 9.64. The van der Waals surface area contributed by atoms with Gasteiger partial charge in [0.05, 0.1) is 33.3 Å². The number of benzene rings is 7. The van der Waals surface area contributed by atoms with Gasteiger partial charge in [0.2, 0.25) is 0 Å². The molecule has 0 aliphatic heterocycles. The van der Waals surface area contributed by atoms with Crippen LogP contribution in [0, 0.1) is 12.1 Å². The van der Waals surface area contributed by atoms with E-state index in [4.69, 9.17) is 8.83 Å². The lowest BCUT2D eigenvalue weighted by atomic mass is 9.68. The normalized spacial score (nSPS) is 15.5. The Bertz CT molecular complexity index is 3990. The van der Waals surface area contributed by atoms with Crippen LogP contribution in [0.15, 0.2) is 160 Å². The predicted molar refractivity (Wildman–Crippen MR) is 262 cm³/mol. The molecule has 0 amide bonds. The van der Waals surface area contributed by atoms with Gasteiger partial charge in [0.25, 0.3) is 0 Å². The van der Waals surface area contributed by atoms with Crippen LogP contribution < -0.4 is 15.5 Å². The molecule has 3 aliphatic rings. The smallest absolute Gasteiger partial charge is 0.137 e. The van der Waals surface area contributed by atoms with Crippen LogP contribution in [0.25, 0.3) is 105 Å². The van der Waals surface area contributed by atoms with Crippen LogP contribution in [-0.2, 0) is 5.41 Å². The number of aromatic nitrogens is 1. The zero-order valence-electron chi connectivity index (χ0n) is 35.2. The maximum Gasteiger partial charge on any atom is 0.137 e. The lowest BCUT2D eigenvalue weighted by Gasteiger charge is -2.36. The maximum atomic E-state index is 6.89. The molecular weight excluding hydrogens is 781 g/mol. The highest BCUT2D eigenvalue weighted by Gasteiger charge is 2.45. The third-order valence-corrected chi connectivity index (χ3v) is 15.2. The lowest BCUT2D eigenvalue weighted by molar-refractivity contribution is 0.353. The first-order valence-corrected chi connectivity index (χ1v) is 22.9. The second-order valence-electron chi connectivity index (χ2n) is 18.3. The molecule has 0 N–H and O–H groups in total. The van der Waals surface area contributed by atoms with Crippen molar-refractivity contribution < 1.29 is 8.83 Å². The fourth-order valence-electron chi connectivity index (χ4n) is 12.6. The molecule has 1 spiro atoms. The first kappa shape index (κ1) is 34.8. The van der Waals surface area contributed by atoms with Crippen molar-refractivity contribution in [3.05, 3.63) is 186 Å². The van der Waals surface area contributed by atoms with Gasteiger partial charge in [-0.15, -0.1) is 0 Å². The van der Waals surface area contributed by atoms with Crippen LogP contribution in [-0.4, -0.2) is 4.40 Å². The third-order valence-electron chi connectivity index (χ3n) is 15.2. The van der Waals surface area contributed by atoms with Gasteiger partial charge >= 0.3 is 0 Å². The molecule has 8 aromatic carbocycles. The number of furan rings is 2. The van der Waals surface area contributed by atoms with E-state index in [0.717, 1.165) is 74.9 Å². The van der Waals surface area contributed by atoms with Crippen molar-refractivity contribution in [1.29, 1.82) is 0 Å². The van der Waals surface area contributed by atoms with Gasteiger partial charge in [-0.25, -0.2) is 0 Å². The van der Waals surface area contributed by atoms with Crippen LogP contribution >= 0.6 is 0 Å². The van der Waals surface area contributed by atoms with Crippen molar-refractivity contribution in [2.24, 2.45) is 0 Å². The maximum absolute atomic E-state index is 6.89. The molecule has 1 fully saturated rings. The van der Waals surface area contributed by atoms with Gasteiger partial charge in [0, 0.05) is 59.8 Å². The van der Waals surface area contributed by atoms with E-state index in [0.29, 0.717) is 0 Å². The Labute approximate surface area is 368 Å². The third kappa shape index (κ3) is 4.48. The summed E-state index contributed by atoms with van der Waals surface area (Å²) in [7, 11) is 0. The highest BCUT2D eigenvalue weighted by molar-refractivity contribution is 6.24. The summed E-state index contributed by atoms with van der Waals surface area (Å²) in [4.78, 5) is 2.58. The van der Waals surface area contributed by atoms with E-state index < -0.39 is 0 Å². The number of nitrogens with zero attached hydrogens (tertiary/aromatic N) is 2. The Morgan fingerprint density at radius 3 is 2.09 bits per heavy atom. The fourth-order valence-corrected chi connectivity index (χ4v) is 12.6. The number of fused-ring (bicyclic) bond motifs is 17. The van der Waals surface area contributed by atoms with Crippen LogP contribution in [0.3, 0.4) is 0 Å². The van der Waals surface area contributed by atoms with E-state index in [9.17, 15) is 0 Å². The largest absolute Gasteiger partial charge is 0.456 e. The molecule has 0 atom stereocenters. The van der Waals surface area contributed by atoms with Gasteiger partial charge in [-0.1, -0.05) is 110 Å². The SMILES string of the molecule is c1ccc2c(c#1)-c1c(N(C3=c4c(oc5ccc(-c6cc7c8ccccc8n8c9ccccc9c(c6)c78)cc45)=CCC3)c3cccc4oc5ccccc5c34)cccc1C21CCCCC1. The summed E-state index contributed by atoms with van der Waals surface area (Å²) in [6, 6.07) is 62.9. The topological polar surface area (TPSA) is 33.9 Å². The molecule has 0 radical (unpaired) electrons. The predicted octanol–water partition coefficient (Wildman–Crippen LogP) is 14.5. The molecule has 1 saturated carbocycles. The summed E-state index contributed by atoms with van der Waals surface area (Å²) in [5.41, 5.74) is 18.6. The Morgan fingerprint density at radius 1 is 0.562 bits per heavy atom. The molecule has 0 saturated heterocycles. The quantitative estimate of drug-likeness (QED) is 0.177. The minimum absolute atomic E-state index is 0.0216. The molecule has 4 heterocycles. The molecule has 4 aromatic heterocycles. The molecule has 0 unspecified atom stereocenters. The van der Waals surface area contributed by atoms with Crippen molar-refractivity contribution in [1.82, 2.24) is 4.40 Å². The molecule has 64 heavy (non-hydrogen) atoms. The summed E-state index contributed by atoms with van der Waals surface area (Å²) >= 11 is 0. The lowest BCUT2D eigenvalue weighted by Crippen LogP contribution is -2.33. The van der Waals surface area contributed by atoms with Crippen LogP contribution in [0.1, 0.15) is 56.1 Å². The Hall–Kier alpha value is -7.74. The summed E-state index contributed by atoms with van der Waals surface area (Å²) in [5.74, 6) is 0.